The Labute approximate surface area is 76.2 Å². The maximum absolute atomic E-state index is 12.8. The molecule has 0 N–H and O–H groups in total. The van der Waals surface area contributed by atoms with Crippen LogP contribution in [0, 0.1) is 0 Å². The van der Waals surface area contributed by atoms with Crippen molar-refractivity contribution in [1.29, 1.82) is 0 Å². The monoisotopic (exact) mass is 212 g/mol. The van der Waals surface area contributed by atoms with Crippen molar-refractivity contribution in [3.05, 3.63) is 35.9 Å². The highest BCUT2D eigenvalue weighted by Gasteiger charge is 2.35. The van der Waals surface area contributed by atoms with Crippen LogP contribution >= 0.6 is 0 Å². The molecule has 6 heteroatoms. The normalized spacial score (nSPS) is 22.9. The van der Waals surface area contributed by atoms with Crippen LogP contribution < -0.4 is 0 Å². The molecular formula is C8H5F5O. The zero-order chi connectivity index (χ0) is 10.9. The van der Waals surface area contributed by atoms with Crippen molar-refractivity contribution < 1.29 is 26.7 Å². The van der Waals surface area contributed by atoms with Gasteiger partial charge in [-0.2, -0.15) is 0 Å². The summed E-state index contributed by atoms with van der Waals surface area (Å²) >= 11 is 0. The molecule has 0 amide bonds. The van der Waals surface area contributed by atoms with Gasteiger partial charge in [-0.05, 0) is 11.6 Å². The van der Waals surface area contributed by atoms with E-state index in [0.717, 1.165) is 6.08 Å². The number of ether oxygens (including phenoxy) is 1. The van der Waals surface area contributed by atoms with Crippen LogP contribution in [-0.4, -0.2) is 12.5 Å². The fraction of sp³-hybridized carbons (Fsp3) is 0.250. The highest BCUT2D eigenvalue weighted by Crippen LogP contribution is 2.31. The van der Waals surface area contributed by atoms with E-state index >= 15 is 0 Å². The van der Waals surface area contributed by atoms with Crippen LogP contribution in [0.3, 0.4) is 0 Å². The van der Waals surface area contributed by atoms with Gasteiger partial charge in [0.05, 0.1) is 0 Å². The van der Waals surface area contributed by atoms with Crippen LogP contribution in [0.2, 0.25) is 0 Å². The number of alkyl halides is 4. The van der Waals surface area contributed by atoms with Crippen molar-refractivity contribution in [3.63, 3.8) is 0 Å². The first-order valence-corrected chi connectivity index (χ1v) is 3.47. The van der Waals surface area contributed by atoms with Gasteiger partial charge in [-0.1, -0.05) is 12.7 Å². The van der Waals surface area contributed by atoms with E-state index in [4.69, 9.17) is 0 Å². The van der Waals surface area contributed by atoms with E-state index in [0.29, 0.717) is 6.08 Å². The van der Waals surface area contributed by atoms with E-state index in [1.54, 1.807) is 0 Å². The average Bonchev–Trinajstić information content (AvgIpc) is 2.04. The Balaban J connectivity index is 2.90. The Morgan fingerprint density at radius 2 is 1.86 bits per heavy atom. The summed E-state index contributed by atoms with van der Waals surface area (Å²) in [6.07, 6.45) is -5.69. The van der Waals surface area contributed by atoms with Crippen molar-refractivity contribution in [2.24, 2.45) is 0 Å². The Hall–Kier alpha value is -1.33. The minimum Gasteiger partial charge on any atom is -0.403 e. The Morgan fingerprint density at radius 3 is 2.36 bits per heavy atom. The molecule has 0 fully saturated rings. The second-order valence-corrected chi connectivity index (χ2v) is 2.53. The summed E-state index contributed by atoms with van der Waals surface area (Å²) in [7, 11) is 0. The van der Waals surface area contributed by atoms with E-state index in [-0.39, 0.29) is 5.57 Å². The van der Waals surface area contributed by atoms with Crippen molar-refractivity contribution in [2.45, 2.75) is 12.5 Å². The van der Waals surface area contributed by atoms with E-state index in [1.165, 1.54) is 0 Å². The lowest BCUT2D eigenvalue weighted by Crippen LogP contribution is -2.17. The quantitative estimate of drug-likeness (QED) is 0.606. The summed E-state index contributed by atoms with van der Waals surface area (Å²) in [4.78, 5) is 0. The first kappa shape index (κ1) is 10.7. The van der Waals surface area contributed by atoms with Gasteiger partial charge >= 0.3 is 6.36 Å². The lowest BCUT2D eigenvalue weighted by Gasteiger charge is -2.16. The molecule has 0 aromatic heterocycles. The van der Waals surface area contributed by atoms with Gasteiger partial charge in [-0.3, -0.25) is 0 Å². The Morgan fingerprint density at radius 1 is 1.29 bits per heavy atom. The Kier molecular flexibility index (Phi) is 2.64. The maximum atomic E-state index is 12.8. The van der Waals surface area contributed by atoms with Crippen molar-refractivity contribution in [2.75, 3.05) is 0 Å². The molecule has 1 rings (SSSR count). The van der Waals surface area contributed by atoms with E-state index < -0.39 is 24.1 Å². The van der Waals surface area contributed by atoms with Crippen LogP contribution in [0.1, 0.15) is 0 Å². The van der Waals surface area contributed by atoms with Crippen molar-refractivity contribution in [1.82, 2.24) is 0 Å². The van der Waals surface area contributed by atoms with Gasteiger partial charge in [-0.25, -0.2) is 8.78 Å². The molecule has 1 unspecified atom stereocenters. The van der Waals surface area contributed by atoms with Gasteiger partial charge in [0.25, 0.3) is 0 Å². The van der Waals surface area contributed by atoms with E-state index in [1.807, 2.05) is 0 Å². The molecule has 1 aliphatic rings. The molecule has 0 radical (unpaired) electrons. The maximum Gasteiger partial charge on any atom is 0.573 e. The lowest BCUT2D eigenvalue weighted by molar-refractivity contribution is -0.304. The minimum atomic E-state index is -5.03. The highest BCUT2D eigenvalue weighted by molar-refractivity contribution is 5.38. The lowest BCUT2D eigenvalue weighted by atomic mass is 10.1. The van der Waals surface area contributed by atoms with E-state index in [9.17, 15) is 22.0 Å². The molecule has 1 aliphatic carbocycles. The average molecular weight is 212 g/mol. The van der Waals surface area contributed by atoms with Crippen LogP contribution in [-0.2, 0) is 4.74 Å². The number of hydrogen-bond donors (Lipinski definition) is 0. The van der Waals surface area contributed by atoms with Crippen molar-refractivity contribution >= 4 is 0 Å². The Bertz CT molecular complexity index is 312. The first-order chi connectivity index (χ1) is 6.31. The van der Waals surface area contributed by atoms with Gasteiger partial charge in [0, 0.05) is 0 Å². The van der Waals surface area contributed by atoms with E-state index in [2.05, 4.69) is 11.3 Å². The largest absolute Gasteiger partial charge is 0.573 e. The van der Waals surface area contributed by atoms with Crippen LogP contribution in [0.5, 0.6) is 0 Å². The number of rotatable bonds is 1. The fourth-order valence-electron chi connectivity index (χ4n) is 0.842. The third kappa shape index (κ3) is 2.34. The van der Waals surface area contributed by atoms with Crippen LogP contribution in [0.15, 0.2) is 35.9 Å². The van der Waals surface area contributed by atoms with Gasteiger partial charge in [0.2, 0.25) is 0 Å². The predicted molar refractivity (Wildman–Crippen MR) is 38.5 cm³/mol. The molecule has 0 heterocycles. The zero-order valence-electron chi connectivity index (χ0n) is 6.74. The highest BCUT2D eigenvalue weighted by atomic mass is 19.4. The molecule has 1 atom stereocenters. The van der Waals surface area contributed by atoms with Gasteiger partial charge in [0.1, 0.15) is 0 Å². The molecule has 78 valence electrons. The topological polar surface area (TPSA) is 9.23 Å². The smallest absolute Gasteiger partial charge is 0.403 e. The zero-order valence-corrected chi connectivity index (χ0v) is 6.74. The van der Waals surface area contributed by atoms with Gasteiger partial charge in [0.15, 0.2) is 17.8 Å². The summed E-state index contributed by atoms with van der Waals surface area (Å²) in [5, 5.41) is 0. The molecular weight excluding hydrogens is 207 g/mol. The molecule has 0 bridgehead atoms. The summed E-state index contributed by atoms with van der Waals surface area (Å²) in [6, 6.07) is 0. The SMILES string of the molecule is C=C1C=CC(OC(F)(F)F)=C(F)C1F. The second-order valence-electron chi connectivity index (χ2n) is 2.53. The molecule has 1 nitrogen and oxygen atoms in total. The molecule has 14 heavy (non-hydrogen) atoms. The number of hydrogen-bond acceptors (Lipinski definition) is 1. The predicted octanol–water partition coefficient (Wildman–Crippen LogP) is 3.17. The van der Waals surface area contributed by atoms with Crippen molar-refractivity contribution in [3.8, 4) is 0 Å². The molecule has 0 aromatic carbocycles. The molecule has 0 saturated carbocycles. The first-order valence-electron chi connectivity index (χ1n) is 3.47. The molecule has 0 spiro atoms. The summed E-state index contributed by atoms with van der Waals surface area (Å²) in [6.45, 7) is 3.10. The second kappa shape index (κ2) is 3.43. The molecule has 0 aromatic rings. The van der Waals surface area contributed by atoms with Crippen LogP contribution in [0.4, 0.5) is 22.0 Å². The number of allylic oxidation sites excluding steroid dienone is 4. The minimum absolute atomic E-state index is 0.253. The molecule has 0 saturated heterocycles. The summed E-state index contributed by atoms with van der Waals surface area (Å²) in [5.41, 5.74) is -0.253. The third-order valence-electron chi connectivity index (χ3n) is 1.46. The number of halogens is 5. The fourth-order valence-corrected chi connectivity index (χ4v) is 0.842. The van der Waals surface area contributed by atoms with Gasteiger partial charge < -0.3 is 4.74 Å². The summed E-state index contributed by atoms with van der Waals surface area (Å²) in [5.74, 6) is -2.78. The molecule has 0 aliphatic heterocycles. The summed E-state index contributed by atoms with van der Waals surface area (Å²) < 4.78 is 63.7. The van der Waals surface area contributed by atoms with Gasteiger partial charge in [-0.15, -0.1) is 13.2 Å². The third-order valence-corrected chi connectivity index (χ3v) is 1.46. The van der Waals surface area contributed by atoms with Crippen LogP contribution in [0.25, 0.3) is 0 Å². The standard InChI is InChI=1S/C8H5F5O/c1-4-2-3-5(7(10)6(4)9)14-8(11,12)13/h2-3,6H,1H2.